The molecule has 5 aromatic carbocycles. The van der Waals surface area contributed by atoms with E-state index in [1.807, 2.05) is 24.3 Å². The summed E-state index contributed by atoms with van der Waals surface area (Å²) in [6.07, 6.45) is 0. The molecule has 0 aliphatic heterocycles. The normalized spacial score (nSPS) is 13.2. The third-order valence-electron chi connectivity index (χ3n) is 7.15. The molecule has 1 aliphatic rings. The minimum Gasteiger partial charge on any atom is -0.309 e. The molecule has 6 rings (SSSR count). The largest absolute Gasteiger partial charge is 0.309 e. The smallest absolute Gasteiger partial charge is 0.0647 e. The molecule has 0 saturated carbocycles. The van der Waals surface area contributed by atoms with Crippen LogP contribution < -0.4 is 4.90 Å². The van der Waals surface area contributed by atoms with Crippen molar-refractivity contribution in [2.75, 3.05) is 4.90 Å². The number of hydrogen-bond donors (Lipinski definition) is 0. The Balaban J connectivity index is 1.49. The van der Waals surface area contributed by atoms with E-state index in [0.29, 0.717) is 0 Å². The molecular formula is C33H26ClN. The van der Waals surface area contributed by atoms with Crippen molar-refractivity contribution in [2.24, 2.45) is 0 Å². The first-order chi connectivity index (χ1) is 17.0. The van der Waals surface area contributed by atoms with Gasteiger partial charge in [-0.05, 0) is 69.8 Å². The van der Waals surface area contributed by atoms with E-state index in [1.54, 1.807) is 0 Å². The number of nitrogens with zero attached hydrogens (tertiary/aromatic N) is 1. The van der Waals surface area contributed by atoms with Crippen molar-refractivity contribution in [3.05, 3.63) is 137 Å². The summed E-state index contributed by atoms with van der Waals surface area (Å²) in [5.41, 5.74) is 10.8. The first-order valence-corrected chi connectivity index (χ1v) is 12.4. The fraction of sp³-hybridized carbons (Fsp3) is 0.0909. The molecule has 0 N–H and O–H groups in total. The predicted octanol–water partition coefficient (Wildman–Crippen LogP) is 9.78. The Hall–Kier alpha value is -3.81. The van der Waals surface area contributed by atoms with E-state index in [9.17, 15) is 0 Å². The SMILES string of the molecule is CC1(C)c2ccccc2-c2ccc(N(c3ccc(-c4ccccc4)cc3)c3ccccc3Cl)cc21. The number of para-hydroxylation sites is 1. The number of anilines is 3. The van der Waals surface area contributed by atoms with Crippen LogP contribution in [-0.2, 0) is 5.41 Å². The molecule has 0 fully saturated rings. The van der Waals surface area contributed by atoms with Crippen LogP contribution in [-0.4, -0.2) is 0 Å². The van der Waals surface area contributed by atoms with Gasteiger partial charge in [-0.25, -0.2) is 0 Å². The van der Waals surface area contributed by atoms with Gasteiger partial charge in [-0.1, -0.05) is 110 Å². The molecule has 0 saturated heterocycles. The summed E-state index contributed by atoms with van der Waals surface area (Å²) in [7, 11) is 0. The Morgan fingerprint density at radius 2 is 1.14 bits per heavy atom. The summed E-state index contributed by atoms with van der Waals surface area (Å²) in [6, 6.07) is 42.8. The van der Waals surface area contributed by atoms with Crippen LogP contribution in [0, 0.1) is 0 Å². The lowest BCUT2D eigenvalue weighted by Crippen LogP contribution is -2.16. The molecule has 0 atom stereocenters. The van der Waals surface area contributed by atoms with E-state index in [4.69, 9.17) is 11.6 Å². The van der Waals surface area contributed by atoms with Crippen LogP contribution in [0.4, 0.5) is 17.1 Å². The average molecular weight is 472 g/mol. The second-order valence-corrected chi connectivity index (χ2v) is 10.0. The predicted molar refractivity (Wildman–Crippen MR) is 149 cm³/mol. The number of halogens is 1. The van der Waals surface area contributed by atoms with Gasteiger partial charge in [-0.3, -0.25) is 0 Å². The van der Waals surface area contributed by atoms with Crippen molar-refractivity contribution in [1.29, 1.82) is 0 Å². The highest BCUT2D eigenvalue weighted by molar-refractivity contribution is 6.33. The first kappa shape index (κ1) is 21.7. The molecule has 0 spiro atoms. The molecule has 0 radical (unpaired) electrons. The van der Waals surface area contributed by atoms with Crippen molar-refractivity contribution < 1.29 is 0 Å². The Morgan fingerprint density at radius 1 is 0.543 bits per heavy atom. The van der Waals surface area contributed by atoms with Crippen molar-refractivity contribution in [3.8, 4) is 22.3 Å². The van der Waals surface area contributed by atoms with Crippen LogP contribution >= 0.6 is 11.6 Å². The highest BCUT2D eigenvalue weighted by Crippen LogP contribution is 2.50. The molecule has 0 unspecified atom stereocenters. The number of rotatable bonds is 4. The maximum atomic E-state index is 6.75. The average Bonchev–Trinajstić information content (AvgIpc) is 3.13. The molecule has 2 heteroatoms. The van der Waals surface area contributed by atoms with Gasteiger partial charge in [-0.2, -0.15) is 0 Å². The van der Waals surface area contributed by atoms with Crippen LogP contribution in [0.1, 0.15) is 25.0 Å². The minimum atomic E-state index is -0.0642. The van der Waals surface area contributed by atoms with Gasteiger partial charge in [0, 0.05) is 16.8 Å². The van der Waals surface area contributed by atoms with Gasteiger partial charge in [0.1, 0.15) is 0 Å². The highest BCUT2D eigenvalue weighted by atomic mass is 35.5. The van der Waals surface area contributed by atoms with Gasteiger partial charge in [0.05, 0.1) is 10.7 Å². The molecule has 1 nitrogen and oxygen atoms in total. The Labute approximate surface area is 212 Å². The number of fused-ring (bicyclic) bond motifs is 3. The second-order valence-electron chi connectivity index (χ2n) is 9.60. The lowest BCUT2D eigenvalue weighted by Gasteiger charge is -2.28. The van der Waals surface area contributed by atoms with Gasteiger partial charge in [0.25, 0.3) is 0 Å². The lowest BCUT2D eigenvalue weighted by molar-refractivity contribution is 0.660. The van der Waals surface area contributed by atoms with Crippen LogP contribution in [0.2, 0.25) is 5.02 Å². The van der Waals surface area contributed by atoms with Crippen molar-refractivity contribution >= 4 is 28.7 Å². The zero-order valence-electron chi connectivity index (χ0n) is 19.9. The molecular weight excluding hydrogens is 446 g/mol. The van der Waals surface area contributed by atoms with Gasteiger partial charge in [-0.15, -0.1) is 0 Å². The molecule has 35 heavy (non-hydrogen) atoms. The monoisotopic (exact) mass is 471 g/mol. The lowest BCUT2D eigenvalue weighted by atomic mass is 9.82. The summed E-state index contributed by atoms with van der Waals surface area (Å²) in [5.74, 6) is 0. The van der Waals surface area contributed by atoms with Gasteiger partial charge >= 0.3 is 0 Å². The van der Waals surface area contributed by atoms with Crippen LogP contribution in [0.15, 0.2) is 121 Å². The fourth-order valence-corrected chi connectivity index (χ4v) is 5.55. The zero-order valence-corrected chi connectivity index (χ0v) is 20.6. The van der Waals surface area contributed by atoms with E-state index in [0.717, 1.165) is 22.1 Å². The third-order valence-corrected chi connectivity index (χ3v) is 7.47. The van der Waals surface area contributed by atoms with E-state index in [1.165, 1.54) is 33.4 Å². The quantitative estimate of drug-likeness (QED) is 0.252. The summed E-state index contributed by atoms with van der Waals surface area (Å²) in [4.78, 5) is 2.26. The highest BCUT2D eigenvalue weighted by Gasteiger charge is 2.35. The van der Waals surface area contributed by atoms with Gasteiger partial charge in [0.15, 0.2) is 0 Å². The van der Waals surface area contributed by atoms with E-state index in [2.05, 4.69) is 116 Å². The molecule has 0 aromatic heterocycles. The first-order valence-electron chi connectivity index (χ1n) is 12.0. The van der Waals surface area contributed by atoms with E-state index in [-0.39, 0.29) is 5.41 Å². The summed E-state index contributed by atoms with van der Waals surface area (Å²) in [6.45, 7) is 4.63. The van der Waals surface area contributed by atoms with E-state index < -0.39 is 0 Å². The Kier molecular flexibility index (Phi) is 5.24. The number of hydrogen-bond acceptors (Lipinski definition) is 1. The fourth-order valence-electron chi connectivity index (χ4n) is 5.33. The molecule has 0 heterocycles. The summed E-state index contributed by atoms with van der Waals surface area (Å²) < 4.78 is 0. The molecule has 170 valence electrons. The Morgan fingerprint density at radius 3 is 1.91 bits per heavy atom. The third kappa shape index (κ3) is 3.64. The second kappa shape index (κ2) is 8.45. The van der Waals surface area contributed by atoms with E-state index >= 15 is 0 Å². The Bertz CT molecular complexity index is 1520. The molecule has 0 bridgehead atoms. The van der Waals surface area contributed by atoms with Crippen molar-refractivity contribution in [1.82, 2.24) is 0 Å². The van der Waals surface area contributed by atoms with Crippen molar-refractivity contribution in [2.45, 2.75) is 19.3 Å². The van der Waals surface area contributed by atoms with Crippen LogP contribution in [0.5, 0.6) is 0 Å². The minimum absolute atomic E-state index is 0.0642. The molecule has 1 aliphatic carbocycles. The standard InChI is InChI=1S/C33H26ClN/c1-33(2)29-13-7-6-12-27(29)28-21-20-26(22-30(28)33)35(32-15-9-8-14-31(32)34)25-18-16-24(17-19-25)23-10-4-3-5-11-23/h3-22H,1-2H3. The van der Waals surface area contributed by atoms with Gasteiger partial charge < -0.3 is 4.90 Å². The molecule has 5 aromatic rings. The summed E-state index contributed by atoms with van der Waals surface area (Å²) >= 11 is 6.75. The van der Waals surface area contributed by atoms with Gasteiger partial charge in [0.2, 0.25) is 0 Å². The topological polar surface area (TPSA) is 3.24 Å². The van der Waals surface area contributed by atoms with Crippen molar-refractivity contribution in [3.63, 3.8) is 0 Å². The van der Waals surface area contributed by atoms with Crippen LogP contribution in [0.3, 0.4) is 0 Å². The molecule has 0 amide bonds. The summed E-state index contributed by atoms with van der Waals surface area (Å²) in [5, 5.41) is 0.725. The van der Waals surface area contributed by atoms with Crippen LogP contribution in [0.25, 0.3) is 22.3 Å². The zero-order chi connectivity index (χ0) is 24.0. The maximum Gasteiger partial charge on any atom is 0.0647 e. The maximum absolute atomic E-state index is 6.75. The number of benzene rings is 5.